The van der Waals surface area contributed by atoms with Crippen molar-refractivity contribution in [1.82, 2.24) is 15.1 Å². The molecule has 26 heavy (non-hydrogen) atoms. The second-order valence-corrected chi connectivity index (χ2v) is 6.93. The third-order valence-electron chi connectivity index (χ3n) is 5.18. The number of aliphatic carboxylic acids is 1. The number of hydrogen-bond acceptors (Lipinski definition) is 3. The highest BCUT2D eigenvalue weighted by molar-refractivity contribution is 5.86. The first kappa shape index (κ1) is 18.2. The highest BCUT2D eigenvalue weighted by Crippen LogP contribution is 2.22. The lowest BCUT2D eigenvalue weighted by Crippen LogP contribution is -2.48. The maximum absolute atomic E-state index is 12.5. The molecule has 2 heterocycles. The zero-order valence-corrected chi connectivity index (χ0v) is 14.8. The lowest BCUT2D eigenvalue weighted by molar-refractivity contribution is -0.143. The molecular formula is C19H25N3O4. The molecular weight excluding hydrogens is 334 g/mol. The van der Waals surface area contributed by atoms with E-state index < -0.39 is 12.0 Å². The molecule has 0 radical (unpaired) electrons. The van der Waals surface area contributed by atoms with Gasteiger partial charge < -0.3 is 20.2 Å². The SMILES string of the molecule is O=C(NC(C(=O)O)c1ccccc1)C1CCN(C(=O)N2CCCC2)CC1. The normalized spacial score (nSPS) is 19.2. The summed E-state index contributed by atoms with van der Waals surface area (Å²) in [5, 5.41) is 12.1. The number of piperidine rings is 1. The molecule has 2 N–H and O–H groups in total. The fourth-order valence-electron chi connectivity index (χ4n) is 3.63. The van der Waals surface area contributed by atoms with Gasteiger partial charge in [0.25, 0.3) is 0 Å². The zero-order valence-electron chi connectivity index (χ0n) is 14.8. The van der Waals surface area contributed by atoms with Gasteiger partial charge in [-0.25, -0.2) is 9.59 Å². The molecule has 7 nitrogen and oxygen atoms in total. The summed E-state index contributed by atoms with van der Waals surface area (Å²) in [7, 11) is 0. The number of carboxylic acids is 1. The third kappa shape index (κ3) is 4.15. The van der Waals surface area contributed by atoms with Crippen LogP contribution < -0.4 is 5.32 Å². The number of urea groups is 1. The maximum Gasteiger partial charge on any atom is 0.330 e. The number of nitrogens with one attached hydrogen (secondary N) is 1. The molecule has 1 unspecified atom stereocenters. The standard InChI is InChI=1S/C19H25N3O4/c23-17(20-16(18(24)25)14-6-2-1-3-7-14)15-8-12-22(13-9-15)19(26)21-10-4-5-11-21/h1-3,6-7,15-16H,4-5,8-13H2,(H,20,23)(H,24,25). The maximum atomic E-state index is 12.5. The van der Waals surface area contributed by atoms with Crippen molar-refractivity contribution >= 4 is 17.9 Å². The van der Waals surface area contributed by atoms with Crippen LogP contribution in [0.5, 0.6) is 0 Å². The number of rotatable bonds is 4. The van der Waals surface area contributed by atoms with Gasteiger partial charge >= 0.3 is 12.0 Å². The van der Waals surface area contributed by atoms with E-state index in [2.05, 4.69) is 5.32 Å². The number of carbonyl (C=O) groups excluding carboxylic acids is 2. The van der Waals surface area contributed by atoms with Crippen molar-refractivity contribution in [2.24, 2.45) is 5.92 Å². The van der Waals surface area contributed by atoms with Gasteiger partial charge in [0.05, 0.1) is 0 Å². The molecule has 7 heteroatoms. The molecule has 3 rings (SSSR count). The molecule has 140 valence electrons. The Morgan fingerprint density at radius 3 is 2.12 bits per heavy atom. The molecule has 1 aromatic rings. The highest BCUT2D eigenvalue weighted by Gasteiger charge is 2.32. The van der Waals surface area contributed by atoms with Crippen LogP contribution in [0.25, 0.3) is 0 Å². The van der Waals surface area contributed by atoms with Crippen LogP contribution in [-0.4, -0.2) is 59.0 Å². The quantitative estimate of drug-likeness (QED) is 0.859. The Morgan fingerprint density at radius 1 is 0.962 bits per heavy atom. The van der Waals surface area contributed by atoms with E-state index in [0.717, 1.165) is 25.9 Å². The minimum absolute atomic E-state index is 0.0639. The van der Waals surface area contributed by atoms with Gasteiger partial charge in [0.15, 0.2) is 6.04 Å². The summed E-state index contributed by atoms with van der Waals surface area (Å²) in [6, 6.07) is 7.70. The summed E-state index contributed by atoms with van der Waals surface area (Å²) < 4.78 is 0. The molecule has 0 saturated carbocycles. The molecule has 0 bridgehead atoms. The summed E-state index contributed by atoms with van der Waals surface area (Å²) in [4.78, 5) is 40.1. The molecule has 0 aliphatic carbocycles. The highest BCUT2D eigenvalue weighted by atomic mass is 16.4. The Hall–Kier alpha value is -2.57. The summed E-state index contributed by atoms with van der Waals surface area (Å²) in [5.41, 5.74) is 0.551. The smallest absolute Gasteiger partial charge is 0.330 e. The van der Waals surface area contributed by atoms with Crippen molar-refractivity contribution in [2.75, 3.05) is 26.2 Å². The van der Waals surface area contributed by atoms with Crippen molar-refractivity contribution in [3.05, 3.63) is 35.9 Å². The summed E-state index contributed by atoms with van der Waals surface area (Å²) >= 11 is 0. The van der Waals surface area contributed by atoms with Gasteiger partial charge in [0, 0.05) is 32.1 Å². The van der Waals surface area contributed by atoms with E-state index in [4.69, 9.17) is 0 Å². The molecule has 0 aromatic heterocycles. The van der Waals surface area contributed by atoms with Crippen LogP contribution in [0.2, 0.25) is 0 Å². The molecule has 1 aromatic carbocycles. The van der Waals surface area contributed by atoms with Crippen LogP contribution in [0.15, 0.2) is 30.3 Å². The van der Waals surface area contributed by atoms with E-state index in [1.54, 1.807) is 35.2 Å². The second kappa shape index (κ2) is 8.21. The molecule has 2 aliphatic rings. The van der Waals surface area contributed by atoms with Crippen molar-refractivity contribution < 1.29 is 19.5 Å². The van der Waals surface area contributed by atoms with Crippen molar-refractivity contribution in [3.8, 4) is 0 Å². The molecule has 2 fully saturated rings. The first-order chi connectivity index (χ1) is 12.6. The van der Waals surface area contributed by atoms with Gasteiger partial charge in [0.1, 0.15) is 0 Å². The van der Waals surface area contributed by atoms with Gasteiger partial charge in [-0.1, -0.05) is 30.3 Å². The first-order valence-electron chi connectivity index (χ1n) is 9.18. The number of nitrogens with zero attached hydrogens (tertiary/aromatic N) is 2. The van der Waals surface area contributed by atoms with Crippen molar-refractivity contribution in [3.63, 3.8) is 0 Å². The van der Waals surface area contributed by atoms with Crippen LogP contribution in [0.4, 0.5) is 4.79 Å². The monoisotopic (exact) mass is 359 g/mol. The fraction of sp³-hybridized carbons (Fsp3) is 0.526. The van der Waals surface area contributed by atoms with E-state index in [9.17, 15) is 19.5 Å². The van der Waals surface area contributed by atoms with Gasteiger partial charge in [-0.05, 0) is 31.2 Å². The Kier molecular flexibility index (Phi) is 5.75. The average molecular weight is 359 g/mol. The Balaban J connectivity index is 1.54. The fourth-order valence-corrected chi connectivity index (χ4v) is 3.63. The third-order valence-corrected chi connectivity index (χ3v) is 5.18. The van der Waals surface area contributed by atoms with Crippen LogP contribution in [0.1, 0.15) is 37.3 Å². The molecule has 3 amide bonds. The van der Waals surface area contributed by atoms with Crippen molar-refractivity contribution in [2.45, 2.75) is 31.7 Å². The topological polar surface area (TPSA) is 90.0 Å². The first-order valence-corrected chi connectivity index (χ1v) is 9.18. The number of amides is 3. The van der Waals surface area contributed by atoms with E-state index in [0.29, 0.717) is 31.5 Å². The molecule has 2 aliphatic heterocycles. The van der Waals surface area contributed by atoms with Crippen LogP contribution >= 0.6 is 0 Å². The lowest BCUT2D eigenvalue weighted by Gasteiger charge is -2.34. The van der Waals surface area contributed by atoms with E-state index in [1.165, 1.54) is 0 Å². The van der Waals surface area contributed by atoms with Gasteiger partial charge in [0.2, 0.25) is 5.91 Å². The van der Waals surface area contributed by atoms with Crippen LogP contribution in [-0.2, 0) is 9.59 Å². The Bertz CT molecular complexity index is 650. The zero-order chi connectivity index (χ0) is 18.5. The summed E-state index contributed by atoms with van der Waals surface area (Å²) in [6.07, 6.45) is 3.24. The number of likely N-dealkylation sites (tertiary alicyclic amines) is 2. The predicted octanol–water partition coefficient (Wildman–Crippen LogP) is 1.86. The lowest BCUT2D eigenvalue weighted by atomic mass is 9.95. The second-order valence-electron chi connectivity index (χ2n) is 6.93. The van der Waals surface area contributed by atoms with Crippen LogP contribution in [0.3, 0.4) is 0 Å². The van der Waals surface area contributed by atoms with Crippen LogP contribution in [0, 0.1) is 5.92 Å². The minimum atomic E-state index is -1.08. The molecule has 0 spiro atoms. The van der Waals surface area contributed by atoms with E-state index in [1.807, 2.05) is 4.90 Å². The predicted molar refractivity (Wildman–Crippen MR) is 95.5 cm³/mol. The Labute approximate surface area is 153 Å². The number of carboxylic acid groups (broad SMARTS) is 1. The summed E-state index contributed by atoms with van der Waals surface area (Å²) in [6.45, 7) is 2.71. The minimum Gasteiger partial charge on any atom is -0.479 e. The number of hydrogen-bond donors (Lipinski definition) is 2. The number of benzene rings is 1. The van der Waals surface area contributed by atoms with Gasteiger partial charge in [-0.2, -0.15) is 0 Å². The summed E-state index contributed by atoms with van der Waals surface area (Å²) in [5.74, 6) is -1.59. The number of carbonyl (C=O) groups is 3. The van der Waals surface area contributed by atoms with Crippen molar-refractivity contribution in [1.29, 1.82) is 0 Å². The largest absolute Gasteiger partial charge is 0.479 e. The van der Waals surface area contributed by atoms with E-state index in [-0.39, 0.29) is 17.9 Å². The molecule has 1 atom stereocenters. The van der Waals surface area contributed by atoms with Gasteiger partial charge in [-0.3, -0.25) is 4.79 Å². The van der Waals surface area contributed by atoms with Gasteiger partial charge in [-0.15, -0.1) is 0 Å². The average Bonchev–Trinajstić information content (AvgIpc) is 3.20. The molecule has 2 saturated heterocycles. The Morgan fingerprint density at radius 2 is 1.54 bits per heavy atom. The van der Waals surface area contributed by atoms with E-state index >= 15 is 0 Å².